The summed E-state index contributed by atoms with van der Waals surface area (Å²) in [5.41, 5.74) is 2.45. The van der Waals surface area contributed by atoms with Gasteiger partial charge in [0.05, 0.1) is 31.4 Å². The zero-order chi connectivity index (χ0) is 17.6. The predicted octanol–water partition coefficient (Wildman–Crippen LogP) is 3.15. The van der Waals surface area contributed by atoms with Gasteiger partial charge in [0, 0.05) is 12.5 Å². The highest BCUT2D eigenvalue weighted by molar-refractivity contribution is 6.07. The topological polar surface area (TPSA) is 51.1 Å². The van der Waals surface area contributed by atoms with Crippen LogP contribution in [0.3, 0.4) is 0 Å². The van der Waals surface area contributed by atoms with Gasteiger partial charge in [-0.3, -0.25) is 4.79 Å². The van der Waals surface area contributed by atoms with E-state index in [1.54, 1.807) is 19.2 Å². The molecule has 0 aromatic heterocycles. The molecule has 0 saturated heterocycles. The van der Waals surface area contributed by atoms with Gasteiger partial charge < -0.3 is 9.47 Å². The van der Waals surface area contributed by atoms with Crippen LogP contribution in [0.2, 0.25) is 0 Å². The Hall–Kier alpha value is -2.89. The normalized spacial score (nSPS) is 21.1. The fourth-order valence-corrected chi connectivity index (χ4v) is 3.44. The Morgan fingerprint density at radius 1 is 1.28 bits per heavy atom. The highest BCUT2D eigenvalue weighted by Crippen LogP contribution is 2.43. The number of nitrogens with zero attached hydrogens (tertiary/aromatic N) is 2. The van der Waals surface area contributed by atoms with Gasteiger partial charge in [-0.05, 0) is 35.9 Å². The first-order chi connectivity index (χ1) is 12.1. The number of ether oxygens (including phenoxy) is 2. The van der Waals surface area contributed by atoms with Crippen LogP contribution < -0.4 is 9.47 Å². The van der Waals surface area contributed by atoms with Gasteiger partial charge in [0.15, 0.2) is 0 Å². The number of rotatable bonds is 2. The quantitative estimate of drug-likeness (QED) is 0.844. The van der Waals surface area contributed by atoms with Crippen LogP contribution in [-0.2, 0) is 4.79 Å². The van der Waals surface area contributed by atoms with E-state index in [-0.39, 0.29) is 23.7 Å². The SMILES string of the molecule is COc1ccc2c(c1)C1=NN(C(C)=O)[C@H](c3ccc(F)cc3)[C@@H]1CO2. The maximum absolute atomic E-state index is 13.3. The number of benzene rings is 2. The molecular weight excluding hydrogens is 323 g/mol. The number of hydrazone groups is 1. The minimum Gasteiger partial charge on any atom is -0.497 e. The maximum Gasteiger partial charge on any atom is 0.240 e. The van der Waals surface area contributed by atoms with Gasteiger partial charge in [-0.25, -0.2) is 9.40 Å². The van der Waals surface area contributed by atoms with Crippen LogP contribution in [0.1, 0.15) is 24.1 Å². The first-order valence-electron chi connectivity index (χ1n) is 8.03. The largest absolute Gasteiger partial charge is 0.497 e. The fraction of sp³-hybridized carbons (Fsp3) is 0.263. The molecule has 2 aliphatic heterocycles. The van der Waals surface area contributed by atoms with Crippen molar-refractivity contribution in [2.24, 2.45) is 11.0 Å². The van der Waals surface area contributed by atoms with Crippen molar-refractivity contribution in [1.82, 2.24) is 5.01 Å². The molecular formula is C19H17FN2O3. The molecule has 2 aliphatic rings. The van der Waals surface area contributed by atoms with Crippen LogP contribution in [-0.4, -0.2) is 30.3 Å². The van der Waals surface area contributed by atoms with Crippen LogP contribution in [0.25, 0.3) is 0 Å². The van der Waals surface area contributed by atoms with Crippen molar-refractivity contribution < 1.29 is 18.7 Å². The third kappa shape index (κ3) is 2.54. The van der Waals surface area contributed by atoms with E-state index in [0.717, 1.165) is 22.6 Å². The van der Waals surface area contributed by atoms with Gasteiger partial charge in [0.1, 0.15) is 17.3 Å². The zero-order valence-electron chi connectivity index (χ0n) is 13.9. The molecule has 0 radical (unpaired) electrons. The molecule has 4 rings (SSSR count). The summed E-state index contributed by atoms with van der Waals surface area (Å²) in [5.74, 6) is 0.825. The number of hydrogen-bond acceptors (Lipinski definition) is 4. The van der Waals surface area contributed by atoms with Crippen molar-refractivity contribution in [2.75, 3.05) is 13.7 Å². The van der Waals surface area contributed by atoms with Gasteiger partial charge in [-0.15, -0.1) is 0 Å². The summed E-state index contributed by atoms with van der Waals surface area (Å²) in [6.45, 7) is 1.88. The second-order valence-electron chi connectivity index (χ2n) is 6.12. The molecule has 25 heavy (non-hydrogen) atoms. The highest BCUT2D eigenvalue weighted by atomic mass is 19.1. The summed E-state index contributed by atoms with van der Waals surface area (Å²) in [6.07, 6.45) is 0. The third-order valence-corrected chi connectivity index (χ3v) is 4.63. The lowest BCUT2D eigenvalue weighted by Crippen LogP contribution is -2.34. The van der Waals surface area contributed by atoms with Crippen molar-refractivity contribution in [3.63, 3.8) is 0 Å². The second-order valence-corrected chi connectivity index (χ2v) is 6.12. The fourth-order valence-electron chi connectivity index (χ4n) is 3.44. The Labute approximate surface area is 144 Å². The van der Waals surface area contributed by atoms with Crippen molar-refractivity contribution in [1.29, 1.82) is 0 Å². The Bertz CT molecular complexity index is 863. The average molecular weight is 340 g/mol. The lowest BCUT2D eigenvalue weighted by Gasteiger charge is -2.29. The molecule has 2 aromatic rings. The number of carbonyl (C=O) groups is 1. The van der Waals surface area contributed by atoms with Gasteiger partial charge in [-0.1, -0.05) is 12.1 Å². The van der Waals surface area contributed by atoms with Crippen LogP contribution >= 0.6 is 0 Å². The second kappa shape index (κ2) is 5.88. The van der Waals surface area contributed by atoms with Gasteiger partial charge in [-0.2, -0.15) is 5.10 Å². The lowest BCUT2D eigenvalue weighted by atomic mass is 9.85. The molecule has 6 heteroatoms. The lowest BCUT2D eigenvalue weighted by molar-refractivity contribution is -0.131. The van der Waals surface area contributed by atoms with E-state index >= 15 is 0 Å². The van der Waals surface area contributed by atoms with E-state index in [0.29, 0.717) is 12.4 Å². The number of halogens is 1. The molecule has 1 amide bonds. The Morgan fingerprint density at radius 3 is 2.72 bits per heavy atom. The molecule has 2 atom stereocenters. The predicted molar refractivity (Wildman–Crippen MR) is 90.2 cm³/mol. The Kier molecular flexibility index (Phi) is 3.67. The number of carbonyl (C=O) groups excluding carboxylic acids is 1. The molecule has 5 nitrogen and oxygen atoms in total. The first-order valence-corrected chi connectivity index (χ1v) is 8.03. The Balaban J connectivity index is 1.80. The molecule has 128 valence electrons. The number of fused-ring (bicyclic) bond motifs is 3. The monoisotopic (exact) mass is 340 g/mol. The summed E-state index contributed by atoms with van der Waals surface area (Å²) in [5, 5.41) is 6.04. The van der Waals surface area contributed by atoms with Gasteiger partial charge >= 0.3 is 0 Å². The smallest absolute Gasteiger partial charge is 0.240 e. The molecule has 0 unspecified atom stereocenters. The number of methoxy groups -OCH3 is 1. The molecule has 0 spiro atoms. The van der Waals surface area contributed by atoms with E-state index in [4.69, 9.17) is 9.47 Å². The number of hydrogen-bond donors (Lipinski definition) is 0. The highest BCUT2D eigenvalue weighted by Gasteiger charge is 2.44. The van der Waals surface area contributed by atoms with Gasteiger partial charge in [0.25, 0.3) is 0 Å². The Morgan fingerprint density at radius 2 is 2.04 bits per heavy atom. The molecule has 0 fully saturated rings. The summed E-state index contributed by atoms with van der Waals surface area (Å²) >= 11 is 0. The van der Waals surface area contributed by atoms with E-state index in [2.05, 4.69) is 5.10 Å². The van der Waals surface area contributed by atoms with E-state index in [9.17, 15) is 9.18 Å². The van der Waals surface area contributed by atoms with E-state index < -0.39 is 0 Å². The molecule has 0 aliphatic carbocycles. The van der Waals surface area contributed by atoms with Crippen LogP contribution in [0, 0.1) is 11.7 Å². The minimum atomic E-state index is -0.313. The summed E-state index contributed by atoms with van der Waals surface area (Å²) in [7, 11) is 1.60. The van der Waals surface area contributed by atoms with Crippen molar-refractivity contribution in [3.8, 4) is 11.5 Å². The maximum atomic E-state index is 13.3. The number of amides is 1. The van der Waals surface area contributed by atoms with Crippen molar-refractivity contribution in [3.05, 3.63) is 59.4 Å². The van der Waals surface area contributed by atoms with Crippen LogP contribution in [0.5, 0.6) is 11.5 Å². The standard InChI is InChI=1S/C19H17FN2O3/c1-11(23)22-19(12-3-5-13(20)6-4-12)16-10-25-17-8-7-14(24-2)9-15(17)18(16)21-22/h3-9,16,19H,10H2,1-2H3/t16-,19-/m1/s1. The van der Waals surface area contributed by atoms with Crippen LogP contribution in [0.15, 0.2) is 47.6 Å². The van der Waals surface area contributed by atoms with Crippen molar-refractivity contribution in [2.45, 2.75) is 13.0 Å². The van der Waals surface area contributed by atoms with Crippen molar-refractivity contribution >= 4 is 11.6 Å². The first kappa shape index (κ1) is 15.6. The zero-order valence-corrected chi connectivity index (χ0v) is 13.9. The molecule has 0 saturated carbocycles. The molecule has 2 aromatic carbocycles. The van der Waals surface area contributed by atoms with Crippen LogP contribution in [0.4, 0.5) is 4.39 Å². The minimum absolute atomic E-state index is 0.117. The molecule has 0 bridgehead atoms. The van der Waals surface area contributed by atoms with Gasteiger partial charge in [0.2, 0.25) is 5.91 Å². The summed E-state index contributed by atoms with van der Waals surface area (Å²) < 4.78 is 24.5. The third-order valence-electron chi connectivity index (χ3n) is 4.63. The van der Waals surface area contributed by atoms with E-state index in [1.165, 1.54) is 24.1 Å². The van der Waals surface area contributed by atoms with E-state index in [1.807, 2.05) is 18.2 Å². The summed E-state index contributed by atoms with van der Waals surface area (Å²) in [6, 6.07) is 11.4. The summed E-state index contributed by atoms with van der Waals surface area (Å²) in [4.78, 5) is 12.2. The molecule has 0 N–H and O–H groups in total. The average Bonchev–Trinajstić information content (AvgIpc) is 3.02. The molecule has 2 heterocycles.